The maximum atomic E-state index is 12.9. The summed E-state index contributed by atoms with van der Waals surface area (Å²) in [5, 5.41) is 0. The van der Waals surface area contributed by atoms with Gasteiger partial charge in [0, 0.05) is 5.69 Å². The molecule has 1 aliphatic rings. The highest BCUT2D eigenvalue weighted by Crippen LogP contribution is 2.34. The van der Waals surface area contributed by atoms with Crippen LogP contribution in [0.4, 0.5) is 11.4 Å². The van der Waals surface area contributed by atoms with Crippen LogP contribution < -0.4 is 13.8 Å². The number of amides is 1. The Labute approximate surface area is 164 Å². The maximum absolute atomic E-state index is 12.9. The summed E-state index contributed by atoms with van der Waals surface area (Å²) in [5.41, 5.74) is 1.27. The number of nitrogens with zero attached hydrogens (tertiary/aromatic N) is 1. The van der Waals surface area contributed by atoms with Crippen LogP contribution in [0, 0.1) is 12.8 Å². The summed E-state index contributed by atoms with van der Waals surface area (Å²) in [5.74, 6) is -1.58. The third-order valence-corrected chi connectivity index (χ3v) is 7.61. The smallest absolute Gasteiger partial charge is 0.265 e. The zero-order chi connectivity index (χ0) is 20.7. The Balaban J connectivity index is 2.06. The van der Waals surface area contributed by atoms with Crippen molar-refractivity contribution < 1.29 is 26.4 Å². The van der Waals surface area contributed by atoms with Crippen molar-refractivity contribution in [3.8, 4) is 5.75 Å². The second-order valence-electron chi connectivity index (χ2n) is 6.59. The third-order valence-electron chi connectivity index (χ3n) is 4.34. The van der Waals surface area contributed by atoms with Gasteiger partial charge in [-0.3, -0.25) is 9.52 Å². The number of carbonyl (C=O) groups is 1. The lowest BCUT2D eigenvalue weighted by molar-refractivity contribution is -0.119. The zero-order valence-electron chi connectivity index (χ0n) is 15.5. The molecule has 2 aromatic carbocycles. The summed E-state index contributed by atoms with van der Waals surface area (Å²) in [6.45, 7) is 3.39. The number of hydrogen-bond donors (Lipinski definition) is 1. The predicted octanol–water partition coefficient (Wildman–Crippen LogP) is 2.12. The van der Waals surface area contributed by atoms with Gasteiger partial charge in [-0.25, -0.2) is 21.1 Å². The Hall–Kier alpha value is -2.59. The number of anilines is 2. The number of benzene rings is 2. The normalized spacial score (nSPS) is 18.9. The van der Waals surface area contributed by atoms with Crippen molar-refractivity contribution in [3.05, 3.63) is 48.0 Å². The molecular formula is C18H20N2O6S2. The van der Waals surface area contributed by atoms with E-state index < -0.39 is 31.9 Å². The molecule has 1 heterocycles. The van der Waals surface area contributed by atoms with E-state index in [1.54, 1.807) is 24.3 Å². The molecule has 1 fully saturated rings. The van der Waals surface area contributed by atoms with Crippen molar-refractivity contribution in [3.63, 3.8) is 0 Å². The number of nitrogens with one attached hydrogen (secondary N) is 1. The minimum Gasteiger partial charge on any atom is -0.495 e. The molecule has 8 nitrogen and oxygen atoms in total. The van der Waals surface area contributed by atoms with Crippen molar-refractivity contribution in [2.24, 2.45) is 5.92 Å². The first kappa shape index (κ1) is 20.2. The molecule has 28 heavy (non-hydrogen) atoms. The van der Waals surface area contributed by atoms with Crippen LogP contribution in [-0.4, -0.2) is 35.6 Å². The molecule has 1 unspecified atom stereocenters. The summed E-state index contributed by atoms with van der Waals surface area (Å²) < 4.78 is 58.7. The van der Waals surface area contributed by atoms with Crippen LogP contribution >= 0.6 is 0 Å². The Morgan fingerprint density at radius 1 is 1.14 bits per heavy atom. The van der Waals surface area contributed by atoms with Crippen molar-refractivity contribution in [2.75, 3.05) is 21.9 Å². The Bertz CT molecular complexity index is 1130. The Morgan fingerprint density at radius 3 is 2.32 bits per heavy atom. The highest BCUT2D eigenvalue weighted by Gasteiger charge is 2.42. The fourth-order valence-electron chi connectivity index (χ4n) is 2.92. The van der Waals surface area contributed by atoms with Gasteiger partial charge >= 0.3 is 0 Å². The minimum atomic E-state index is -4.10. The SMILES string of the molecule is COc1ccc(N2C(=O)C(C)CS2(=O)=O)cc1S(=O)(=O)Nc1ccc(C)cc1. The Morgan fingerprint density at radius 2 is 1.79 bits per heavy atom. The van der Waals surface area contributed by atoms with Gasteiger partial charge < -0.3 is 4.74 Å². The van der Waals surface area contributed by atoms with E-state index in [-0.39, 0.29) is 22.1 Å². The second kappa shape index (κ2) is 7.10. The van der Waals surface area contributed by atoms with E-state index in [4.69, 9.17) is 4.74 Å². The molecule has 2 aromatic rings. The van der Waals surface area contributed by atoms with Crippen molar-refractivity contribution in [1.82, 2.24) is 0 Å². The van der Waals surface area contributed by atoms with Crippen LogP contribution in [0.3, 0.4) is 0 Å². The first-order valence-electron chi connectivity index (χ1n) is 8.39. The molecule has 0 aromatic heterocycles. The average molecular weight is 425 g/mol. The van der Waals surface area contributed by atoms with E-state index in [0.29, 0.717) is 9.99 Å². The lowest BCUT2D eigenvalue weighted by atomic mass is 10.2. The van der Waals surface area contributed by atoms with Crippen LogP contribution in [0.15, 0.2) is 47.4 Å². The van der Waals surface area contributed by atoms with Gasteiger partial charge in [0.25, 0.3) is 10.0 Å². The van der Waals surface area contributed by atoms with E-state index in [0.717, 1.165) is 11.6 Å². The fourth-order valence-corrected chi connectivity index (χ4v) is 5.98. The largest absolute Gasteiger partial charge is 0.495 e. The van der Waals surface area contributed by atoms with E-state index in [2.05, 4.69) is 4.72 Å². The van der Waals surface area contributed by atoms with Crippen molar-refractivity contribution in [1.29, 1.82) is 0 Å². The van der Waals surface area contributed by atoms with Gasteiger partial charge in [0.1, 0.15) is 10.6 Å². The summed E-state index contributed by atoms with van der Waals surface area (Å²) in [4.78, 5) is 12.0. The molecule has 150 valence electrons. The lowest BCUT2D eigenvalue weighted by Crippen LogP contribution is -2.30. The third kappa shape index (κ3) is 3.69. The molecule has 3 rings (SSSR count). The highest BCUT2D eigenvalue weighted by atomic mass is 32.2. The molecular weight excluding hydrogens is 404 g/mol. The second-order valence-corrected chi connectivity index (χ2v) is 10.1. The average Bonchev–Trinajstić information content (AvgIpc) is 2.83. The number of rotatable bonds is 5. The molecule has 1 saturated heterocycles. The molecule has 1 atom stereocenters. The van der Waals surface area contributed by atoms with Gasteiger partial charge in [0.15, 0.2) is 0 Å². The van der Waals surface area contributed by atoms with E-state index >= 15 is 0 Å². The standard InChI is InChI=1S/C18H20N2O6S2/c1-12-4-6-14(7-5-12)19-28(24,25)17-10-15(8-9-16(17)26-3)20-18(21)13(2)11-27(20,22)23/h4-10,13,19H,11H2,1-3H3. The van der Waals surface area contributed by atoms with Gasteiger partial charge in [-0.2, -0.15) is 0 Å². The minimum absolute atomic E-state index is 0.0282. The van der Waals surface area contributed by atoms with Gasteiger partial charge in [0.05, 0.1) is 24.5 Å². The molecule has 0 saturated carbocycles. The van der Waals surface area contributed by atoms with Crippen LogP contribution in [0.25, 0.3) is 0 Å². The molecule has 10 heteroatoms. The van der Waals surface area contributed by atoms with E-state index in [1.165, 1.54) is 26.2 Å². The number of hydrogen-bond acceptors (Lipinski definition) is 6. The molecule has 0 bridgehead atoms. The quantitative estimate of drug-likeness (QED) is 0.787. The molecule has 0 radical (unpaired) electrons. The number of carbonyl (C=O) groups excluding carboxylic acids is 1. The number of ether oxygens (including phenoxy) is 1. The molecule has 1 amide bonds. The summed E-state index contributed by atoms with van der Waals surface area (Å²) in [6, 6.07) is 10.5. The van der Waals surface area contributed by atoms with Crippen LogP contribution in [0.5, 0.6) is 5.75 Å². The topological polar surface area (TPSA) is 110 Å². The number of methoxy groups -OCH3 is 1. The molecule has 0 spiro atoms. The van der Waals surface area contributed by atoms with Crippen molar-refractivity contribution in [2.45, 2.75) is 18.7 Å². The first-order valence-corrected chi connectivity index (χ1v) is 11.5. The van der Waals surface area contributed by atoms with Crippen molar-refractivity contribution >= 4 is 37.3 Å². The van der Waals surface area contributed by atoms with Crippen LogP contribution in [0.2, 0.25) is 0 Å². The van der Waals surface area contributed by atoms with Crippen LogP contribution in [0.1, 0.15) is 12.5 Å². The molecule has 0 aliphatic carbocycles. The first-order chi connectivity index (χ1) is 13.0. The fraction of sp³-hybridized carbons (Fsp3) is 0.278. The van der Waals surface area contributed by atoms with Gasteiger partial charge in [-0.05, 0) is 37.3 Å². The van der Waals surface area contributed by atoms with Gasteiger partial charge in [0.2, 0.25) is 15.9 Å². The predicted molar refractivity (Wildman–Crippen MR) is 105 cm³/mol. The summed E-state index contributed by atoms with van der Waals surface area (Å²) in [6.07, 6.45) is 0. The Kier molecular flexibility index (Phi) is 5.11. The monoisotopic (exact) mass is 424 g/mol. The summed E-state index contributed by atoms with van der Waals surface area (Å²) in [7, 11) is -6.65. The van der Waals surface area contributed by atoms with Crippen LogP contribution in [-0.2, 0) is 24.8 Å². The van der Waals surface area contributed by atoms with Gasteiger partial charge in [-0.15, -0.1) is 0 Å². The number of aryl methyl sites for hydroxylation is 1. The van der Waals surface area contributed by atoms with Gasteiger partial charge in [-0.1, -0.05) is 24.6 Å². The maximum Gasteiger partial charge on any atom is 0.265 e. The van der Waals surface area contributed by atoms with E-state index in [1.807, 2.05) is 6.92 Å². The lowest BCUT2D eigenvalue weighted by Gasteiger charge is -2.18. The molecule has 1 aliphatic heterocycles. The zero-order valence-corrected chi connectivity index (χ0v) is 17.2. The van der Waals surface area contributed by atoms with E-state index in [9.17, 15) is 21.6 Å². The summed E-state index contributed by atoms with van der Waals surface area (Å²) >= 11 is 0. The number of sulfonamides is 2. The molecule has 1 N–H and O–H groups in total. The highest BCUT2D eigenvalue weighted by molar-refractivity contribution is 7.94.